The highest BCUT2D eigenvalue weighted by Gasteiger charge is 2.26. The molecular formula is C21H24N2O3S. The second-order valence-electron chi connectivity index (χ2n) is 6.90. The van der Waals surface area contributed by atoms with Gasteiger partial charge in [-0.25, -0.2) is 9.78 Å². The van der Waals surface area contributed by atoms with Crippen LogP contribution >= 0.6 is 11.3 Å². The van der Waals surface area contributed by atoms with E-state index in [4.69, 9.17) is 0 Å². The van der Waals surface area contributed by atoms with Crippen LogP contribution in [0, 0.1) is 20.8 Å². The fourth-order valence-electron chi connectivity index (χ4n) is 3.34. The molecule has 0 radical (unpaired) electrons. The Morgan fingerprint density at radius 3 is 2.48 bits per heavy atom. The zero-order chi connectivity index (χ0) is 19.7. The smallest absolute Gasteiger partial charge is 0.326 e. The summed E-state index contributed by atoms with van der Waals surface area (Å²) in [6.07, 6.45) is 1.45. The Hall–Kier alpha value is -2.47. The minimum Gasteiger partial charge on any atom is -0.480 e. The van der Waals surface area contributed by atoms with Gasteiger partial charge in [0.15, 0.2) is 0 Å². The normalized spacial score (nSPS) is 12.4. The molecule has 0 aliphatic heterocycles. The van der Waals surface area contributed by atoms with Gasteiger partial charge < -0.3 is 5.11 Å². The van der Waals surface area contributed by atoms with Gasteiger partial charge in [-0.2, -0.15) is 0 Å². The van der Waals surface area contributed by atoms with Gasteiger partial charge in [0.2, 0.25) is 0 Å². The number of rotatable bonds is 6. The molecule has 0 aliphatic carbocycles. The lowest BCUT2D eigenvalue weighted by atomic mass is 10.0. The van der Waals surface area contributed by atoms with Gasteiger partial charge in [-0.3, -0.25) is 9.36 Å². The Kier molecular flexibility index (Phi) is 5.46. The first-order valence-electron chi connectivity index (χ1n) is 9.13. The maximum Gasteiger partial charge on any atom is 0.326 e. The molecule has 0 aliphatic rings. The molecule has 0 amide bonds. The largest absolute Gasteiger partial charge is 0.480 e. The van der Waals surface area contributed by atoms with Crippen molar-refractivity contribution in [1.29, 1.82) is 0 Å². The minimum atomic E-state index is -0.996. The molecule has 1 aromatic carbocycles. The van der Waals surface area contributed by atoms with Crippen LogP contribution < -0.4 is 5.56 Å². The number of aryl methyl sites for hydroxylation is 5. The number of carboxylic acids is 1. The molecule has 2 aromatic heterocycles. The molecule has 0 fully saturated rings. The Balaban J connectivity index is 2.06. The zero-order valence-electron chi connectivity index (χ0n) is 16.1. The van der Waals surface area contributed by atoms with Gasteiger partial charge in [-0.1, -0.05) is 36.8 Å². The number of carboxylic acid groups (broad SMARTS) is 1. The number of thiophene rings is 1. The predicted molar refractivity (Wildman–Crippen MR) is 109 cm³/mol. The number of hydrogen-bond donors (Lipinski definition) is 1. The first-order valence-corrected chi connectivity index (χ1v) is 9.94. The second kappa shape index (κ2) is 7.64. The molecule has 3 aromatic rings. The van der Waals surface area contributed by atoms with Crippen LogP contribution in [-0.2, 0) is 17.6 Å². The fraction of sp³-hybridized carbons (Fsp3) is 0.381. The van der Waals surface area contributed by atoms with E-state index in [0.717, 1.165) is 21.6 Å². The molecule has 5 nitrogen and oxygen atoms in total. The number of aliphatic carboxylic acids is 1. The summed E-state index contributed by atoms with van der Waals surface area (Å²) < 4.78 is 1.40. The van der Waals surface area contributed by atoms with Gasteiger partial charge >= 0.3 is 5.97 Å². The van der Waals surface area contributed by atoms with Gasteiger partial charge in [-0.15, -0.1) is 11.3 Å². The predicted octanol–water partition coefficient (Wildman–Crippen LogP) is 4.20. The first kappa shape index (κ1) is 19.3. The molecule has 0 saturated heterocycles. The van der Waals surface area contributed by atoms with Crippen molar-refractivity contribution in [1.82, 2.24) is 9.55 Å². The van der Waals surface area contributed by atoms with Gasteiger partial charge in [0.25, 0.3) is 5.56 Å². The summed E-state index contributed by atoms with van der Waals surface area (Å²) in [5, 5.41) is 10.4. The maximum absolute atomic E-state index is 13.2. The van der Waals surface area contributed by atoms with Crippen LogP contribution in [-0.4, -0.2) is 20.6 Å². The van der Waals surface area contributed by atoms with Gasteiger partial charge in [0, 0.05) is 11.3 Å². The van der Waals surface area contributed by atoms with Crippen molar-refractivity contribution in [2.75, 3.05) is 0 Å². The number of nitrogens with zero attached hydrogens (tertiary/aromatic N) is 2. The molecular weight excluding hydrogens is 360 g/mol. The second-order valence-corrected chi connectivity index (χ2v) is 8.10. The Labute approximate surface area is 162 Å². The fourth-order valence-corrected chi connectivity index (χ4v) is 4.38. The lowest BCUT2D eigenvalue weighted by molar-refractivity contribution is -0.141. The van der Waals surface area contributed by atoms with Crippen molar-refractivity contribution in [2.45, 2.75) is 53.0 Å². The van der Waals surface area contributed by atoms with Gasteiger partial charge in [0.1, 0.15) is 16.7 Å². The van der Waals surface area contributed by atoms with Crippen LogP contribution in [0.4, 0.5) is 0 Å². The van der Waals surface area contributed by atoms with Gasteiger partial charge in [0.05, 0.1) is 5.39 Å². The average Bonchev–Trinajstić information content (AvgIpc) is 2.92. The van der Waals surface area contributed by atoms with Crippen molar-refractivity contribution in [2.24, 2.45) is 0 Å². The third kappa shape index (κ3) is 3.67. The average molecular weight is 385 g/mol. The lowest BCUT2D eigenvalue weighted by Gasteiger charge is -2.19. The molecule has 1 atom stereocenters. The molecule has 3 rings (SSSR count). The van der Waals surface area contributed by atoms with Crippen LogP contribution in [0.5, 0.6) is 0 Å². The standard InChI is InChI=1S/C21H24N2O3S/c1-5-17-22-19-18(13(3)14(4)27-19)20(24)23(17)16(21(25)26)11-10-15-8-6-12(2)7-9-15/h6-9,16H,5,10-11H2,1-4H3,(H,25,26). The number of aromatic nitrogens is 2. The van der Waals surface area contributed by atoms with Crippen molar-refractivity contribution in [3.63, 3.8) is 0 Å². The SMILES string of the molecule is CCc1nc2sc(C)c(C)c2c(=O)n1C(CCc1ccc(C)cc1)C(=O)O. The van der Waals surface area contributed by atoms with Crippen molar-refractivity contribution >= 4 is 27.5 Å². The summed E-state index contributed by atoms with van der Waals surface area (Å²) in [5.41, 5.74) is 2.88. The number of carbonyl (C=O) groups is 1. The molecule has 6 heteroatoms. The zero-order valence-corrected chi connectivity index (χ0v) is 16.9. The highest BCUT2D eigenvalue weighted by atomic mass is 32.1. The molecule has 1 unspecified atom stereocenters. The van der Waals surface area contributed by atoms with E-state index in [1.165, 1.54) is 15.9 Å². The van der Waals surface area contributed by atoms with Crippen molar-refractivity contribution in [3.05, 3.63) is 62.0 Å². The molecule has 27 heavy (non-hydrogen) atoms. The molecule has 2 heterocycles. The Morgan fingerprint density at radius 1 is 1.22 bits per heavy atom. The Bertz CT molecular complexity index is 1050. The molecule has 0 bridgehead atoms. The van der Waals surface area contributed by atoms with Crippen LogP contribution in [0.3, 0.4) is 0 Å². The summed E-state index contributed by atoms with van der Waals surface area (Å²) in [4.78, 5) is 31.6. The summed E-state index contributed by atoms with van der Waals surface area (Å²) >= 11 is 1.49. The topological polar surface area (TPSA) is 72.2 Å². The maximum atomic E-state index is 13.2. The van der Waals surface area contributed by atoms with Crippen molar-refractivity contribution < 1.29 is 9.90 Å². The quantitative estimate of drug-likeness (QED) is 0.691. The summed E-state index contributed by atoms with van der Waals surface area (Å²) in [7, 11) is 0. The van der Waals surface area contributed by atoms with Crippen LogP contribution in [0.2, 0.25) is 0 Å². The van der Waals surface area contributed by atoms with Crippen LogP contribution in [0.15, 0.2) is 29.1 Å². The van der Waals surface area contributed by atoms with Crippen LogP contribution in [0.1, 0.15) is 46.8 Å². The van der Waals surface area contributed by atoms with Crippen molar-refractivity contribution in [3.8, 4) is 0 Å². The Morgan fingerprint density at radius 2 is 1.89 bits per heavy atom. The molecule has 1 N–H and O–H groups in total. The minimum absolute atomic E-state index is 0.241. The van der Waals surface area contributed by atoms with E-state index in [2.05, 4.69) is 4.98 Å². The highest BCUT2D eigenvalue weighted by Crippen LogP contribution is 2.28. The van der Waals surface area contributed by atoms with E-state index in [0.29, 0.717) is 35.3 Å². The van der Waals surface area contributed by atoms with E-state index in [9.17, 15) is 14.7 Å². The monoisotopic (exact) mass is 384 g/mol. The van der Waals surface area contributed by atoms with E-state index < -0.39 is 12.0 Å². The molecule has 0 spiro atoms. The third-order valence-corrected chi connectivity index (χ3v) is 6.15. The van der Waals surface area contributed by atoms with E-state index in [1.54, 1.807) is 0 Å². The van der Waals surface area contributed by atoms with E-state index >= 15 is 0 Å². The van der Waals surface area contributed by atoms with E-state index in [1.807, 2.05) is 52.0 Å². The number of benzene rings is 1. The summed E-state index contributed by atoms with van der Waals surface area (Å²) in [6, 6.07) is 7.11. The third-order valence-electron chi connectivity index (χ3n) is 5.05. The van der Waals surface area contributed by atoms with Crippen LogP contribution in [0.25, 0.3) is 10.2 Å². The molecule has 0 saturated carbocycles. The number of fused-ring (bicyclic) bond motifs is 1. The van der Waals surface area contributed by atoms with E-state index in [-0.39, 0.29) is 5.56 Å². The summed E-state index contributed by atoms with van der Waals surface area (Å²) in [5.74, 6) is -0.463. The molecule has 142 valence electrons. The number of hydrogen-bond acceptors (Lipinski definition) is 4. The summed E-state index contributed by atoms with van der Waals surface area (Å²) in [6.45, 7) is 7.78. The highest BCUT2D eigenvalue weighted by molar-refractivity contribution is 7.18. The van der Waals surface area contributed by atoms with Gasteiger partial charge in [-0.05, 0) is 44.7 Å². The lowest BCUT2D eigenvalue weighted by Crippen LogP contribution is -2.33. The first-order chi connectivity index (χ1) is 12.8.